The molecule has 1 aromatic heterocycles. The van der Waals surface area contributed by atoms with Gasteiger partial charge in [0.1, 0.15) is 12.2 Å². The summed E-state index contributed by atoms with van der Waals surface area (Å²) in [5, 5.41) is 0.419. The van der Waals surface area contributed by atoms with Crippen LogP contribution in [0.15, 0.2) is 62.7 Å². The Morgan fingerprint density at radius 3 is 2.79 bits per heavy atom. The van der Waals surface area contributed by atoms with E-state index in [1.165, 1.54) is 0 Å². The fraction of sp³-hybridized carbons (Fsp3) is 0.308. The van der Waals surface area contributed by atoms with E-state index in [-0.39, 0.29) is 23.2 Å². The first-order chi connectivity index (χ1) is 16.5. The first-order valence-corrected chi connectivity index (χ1v) is 11.9. The van der Waals surface area contributed by atoms with Gasteiger partial charge in [-0.2, -0.15) is 0 Å². The molecular formula is C26H24BrNO6. The Morgan fingerprint density at radius 2 is 2.06 bits per heavy atom. The van der Waals surface area contributed by atoms with Crippen LogP contribution in [0.2, 0.25) is 0 Å². The topological polar surface area (TPSA) is 78.2 Å². The van der Waals surface area contributed by atoms with Gasteiger partial charge in [-0.1, -0.05) is 34.7 Å². The standard InChI is InChI=1S/C26H24BrNO6/c1-3-10-33-20-8-6-15(12-21(20)31-2)23-22-24(29)18-13-16(27)7-9-19(18)34-25(22)26(30)28(23)14-17-5-4-11-32-17/h3,6-9,12-13,17,23H,1,4-5,10-11,14H2,2H3. The number of carbonyl (C=O) groups is 1. The smallest absolute Gasteiger partial charge is 0.291 e. The summed E-state index contributed by atoms with van der Waals surface area (Å²) in [7, 11) is 1.55. The first kappa shape index (κ1) is 22.7. The Bertz CT molecular complexity index is 1330. The first-order valence-electron chi connectivity index (χ1n) is 11.1. The average Bonchev–Trinajstić information content (AvgIpc) is 3.45. The van der Waals surface area contributed by atoms with Crippen LogP contribution in [0, 0.1) is 0 Å². The molecule has 1 saturated heterocycles. The molecule has 2 atom stereocenters. The van der Waals surface area contributed by atoms with E-state index in [2.05, 4.69) is 22.5 Å². The zero-order valence-corrected chi connectivity index (χ0v) is 20.3. The van der Waals surface area contributed by atoms with Gasteiger partial charge in [0.2, 0.25) is 5.76 Å². The number of hydrogen-bond donors (Lipinski definition) is 0. The van der Waals surface area contributed by atoms with Crippen molar-refractivity contribution in [3.8, 4) is 11.5 Å². The van der Waals surface area contributed by atoms with Gasteiger partial charge >= 0.3 is 0 Å². The Kier molecular flexibility index (Phi) is 6.18. The van der Waals surface area contributed by atoms with Gasteiger partial charge in [0.15, 0.2) is 16.9 Å². The fourth-order valence-corrected chi connectivity index (χ4v) is 5.02. The predicted molar refractivity (Wildman–Crippen MR) is 131 cm³/mol. The summed E-state index contributed by atoms with van der Waals surface area (Å²) in [6.45, 7) is 5.04. The van der Waals surface area contributed by atoms with Crippen molar-refractivity contribution in [1.29, 1.82) is 0 Å². The lowest BCUT2D eigenvalue weighted by atomic mass is 9.97. The molecule has 2 aliphatic rings. The minimum absolute atomic E-state index is 0.0776. The molecule has 1 fully saturated rings. The van der Waals surface area contributed by atoms with Crippen LogP contribution >= 0.6 is 15.9 Å². The number of halogens is 1. The molecule has 5 rings (SSSR count). The van der Waals surface area contributed by atoms with E-state index in [1.54, 1.807) is 48.4 Å². The van der Waals surface area contributed by atoms with Crippen LogP contribution in [0.5, 0.6) is 11.5 Å². The highest BCUT2D eigenvalue weighted by Crippen LogP contribution is 2.41. The van der Waals surface area contributed by atoms with Crippen LogP contribution in [-0.2, 0) is 4.74 Å². The molecule has 1 amide bonds. The Balaban J connectivity index is 1.67. The highest BCUT2D eigenvalue weighted by atomic mass is 79.9. The van der Waals surface area contributed by atoms with E-state index < -0.39 is 6.04 Å². The number of benzene rings is 2. The Labute approximate surface area is 205 Å². The number of nitrogens with zero attached hydrogens (tertiary/aromatic N) is 1. The molecule has 3 aromatic rings. The molecule has 0 radical (unpaired) electrons. The molecule has 0 N–H and O–H groups in total. The summed E-state index contributed by atoms with van der Waals surface area (Å²) in [6, 6.07) is 10.0. The van der Waals surface area contributed by atoms with Crippen molar-refractivity contribution in [3.05, 3.63) is 80.6 Å². The number of rotatable bonds is 7. The van der Waals surface area contributed by atoms with Crippen molar-refractivity contribution >= 4 is 32.8 Å². The molecule has 2 aromatic carbocycles. The lowest BCUT2D eigenvalue weighted by molar-refractivity contribution is 0.0486. The molecule has 2 unspecified atom stereocenters. The third-order valence-electron chi connectivity index (χ3n) is 6.21. The van der Waals surface area contributed by atoms with Gasteiger partial charge < -0.3 is 23.5 Å². The maximum Gasteiger partial charge on any atom is 0.291 e. The Hall–Kier alpha value is -3.10. The molecule has 176 valence electrons. The van der Waals surface area contributed by atoms with Crippen LogP contribution in [0.1, 0.15) is 40.6 Å². The minimum Gasteiger partial charge on any atom is -0.493 e. The van der Waals surface area contributed by atoms with Crippen molar-refractivity contribution in [1.82, 2.24) is 4.90 Å². The van der Waals surface area contributed by atoms with Crippen LogP contribution in [-0.4, -0.2) is 43.8 Å². The zero-order chi connectivity index (χ0) is 23.8. The van der Waals surface area contributed by atoms with Crippen molar-refractivity contribution in [2.24, 2.45) is 0 Å². The molecule has 7 nitrogen and oxygen atoms in total. The fourth-order valence-electron chi connectivity index (χ4n) is 4.66. The minimum atomic E-state index is -0.631. The highest BCUT2D eigenvalue weighted by molar-refractivity contribution is 9.10. The second-order valence-corrected chi connectivity index (χ2v) is 9.24. The quantitative estimate of drug-likeness (QED) is 0.410. The molecular weight excluding hydrogens is 502 g/mol. The summed E-state index contributed by atoms with van der Waals surface area (Å²) < 4.78 is 23.8. The van der Waals surface area contributed by atoms with Gasteiger partial charge in [-0.05, 0) is 48.7 Å². The maximum atomic E-state index is 13.7. The van der Waals surface area contributed by atoms with E-state index in [0.29, 0.717) is 47.8 Å². The van der Waals surface area contributed by atoms with E-state index in [0.717, 1.165) is 22.9 Å². The van der Waals surface area contributed by atoms with E-state index in [1.807, 2.05) is 6.07 Å². The lowest BCUT2D eigenvalue weighted by Gasteiger charge is -2.28. The molecule has 2 aliphatic heterocycles. The average molecular weight is 526 g/mol. The van der Waals surface area contributed by atoms with E-state index in [4.69, 9.17) is 18.6 Å². The number of fused-ring (bicyclic) bond motifs is 2. The van der Waals surface area contributed by atoms with E-state index in [9.17, 15) is 9.59 Å². The lowest BCUT2D eigenvalue weighted by Crippen LogP contribution is -2.36. The van der Waals surface area contributed by atoms with Gasteiger partial charge in [0.05, 0.1) is 30.2 Å². The number of methoxy groups -OCH3 is 1. The molecule has 34 heavy (non-hydrogen) atoms. The summed E-state index contributed by atoms with van der Waals surface area (Å²) in [5.74, 6) is 0.818. The summed E-state index contributed by atoms with van der Waals surface area (Å²) in [5.41, 5.74) is 1.21. The number of carbonyl (C=O) groups excluding carboxylic acids is 1. The number of amides is 1. The molecule has 8 heteroatoms. The van der Waals surface area contributed by atoms with Gasteiger partial charge in [-0.25, -0.2) is 0 Å². The Morgan fingerprint density at radius 1 is 1.21 bits per heavy atom. The summed E-state index contributed by atoms with van der Waals surface area (Å²) in [4.78, 5) is 28.9. The van der Waals surface area contributed by atoms with Crippen molar-refractivity contribution in [3.63, 3.8) is 0 Å². The van der Waals surface area contributed by atoms with Crippen molar-refractivity contribution < 1.29 is 23.4 Å². The molecule has 0 spiro atoms. The molecule has 0 aliphatic carbocycles. The van der Waals surface area contributed by atoms with Gasteiger partial charge in [-0.15, -0.1) is 0 Å². The summed E-state index contributed by atoms with van der Waals surface area (Å²) >= 11 is 3.42. The monoisotopic (exact) mass is 525 g/mol. The zero-order valence-electron chi connectivity index (χ0n) is 18.7. The van der Waals surface area contributed by atoms with Crippen molar-refractivity contribution in [2.75, 3.05) is 26.9 Å². The second-order valence-electron chi connectivity index (χ2n) is 8.32. The maximum absolute atomic E-state index is 13.7. The largest absolute Gasteiger partial charge is 0.493 e. The third kappa shape index (κ3) is 3.91. The van der Waals surface area contributed by atoms with Crippen molar-refractivity contribution in [2.45, 2.75) is 25.0 Å². The van der Waals surface area contributed by atoms with Gasteiger partial charge in [0.25, 0.3) is 5.91 Å². The number of hydrogen-bond acceptors (Lipinski definition) is 6. The number of ether oxygens (including phenoxy) is 3. The van der Waals surface area contributed by atoms with E-state index >= 15 is 0 Å². The normalized spacial score (nSPS) is 19.5. The van der Waals surface area contributed by atoms with Gasteiger partial charge in [-0.3, -0.25) is 9.59 Å². The van der Waals surface area contributed by atoms with Crippen LogP contribution in [0.4, 0.5) is 0 Å². The van der Waals surface area contributed by atoms with Crippen LogP contribution in [0.25, 0.3) is 11.0 Å². The molecule has 0 saturated carbocycles. The van der Waals surface area contributed by atoms with Crippen LogP contribution in [0.3, 0.4) is 0 Å². The summed E-state index contributed by atoms with van der Waals surface area (Å²) in [6.07, 6.45) is 3.37. The predicted octanol–water partition coefficient (Wildman–Crippen LogP) is 4.85. The third-order valence-corrected chi connectivity index (χ3v) is 6.71. The van der Waals surface area contributed by atoms with Gasteiger partial charge in [0, 0.05) is 17.6 Å². The molecule has 0 bridgehead atoms. The second kappa shape index (κ2) is 9.27. The van der Waals surface area contributed by atoms with Crippen LogP contribution < -0.4 is 14.9 Å². The highest BCUT2D eigenvalue weighted by Gasteiger charge is 2.44. The molecule has 3 heterocycles. The SMILES string of the molecule is C=CCOc1ccc(C2c3c(oc4ccc(Br)cc4c3=O)C(=O)N2CC2CCCO2)cc1OC.